The standard InChI is InChI=1S/C15H20N4OS.C2HF3O2/c1-2-13(21-7-1)9-19-5-6-20-15-12(3-4-14(15)19)8-18-10-16-17-11-18;3-2(4,5)1(6)7/h1-2,7,10-12,14-15H,3-6,8-9H2;(H,6,7). The van der Waals surface area contributed by atoms with Gasteiger partial charge >= 0.3 is 12.1 Å². The SMILES string of the molecule is O=C(O)C(F)(F)F.c1csc(CN2CCOC3C(Cn4cnnc4)CCC32)c1. The molecule has 7 nitrogen and oxygen atoms in total. The van der Waals surface area contributed by atoms with Gasteiger partial charge in [0, 0.05) is 36.5 Å². The summed E-state index contributed by atoms with van der Waals surface area (Å²) in [5.41, 5.74) is 0. The second-order valence-electron chi connectivity index (χ2n) is 6.75. The first-order chi connectivity index (χ1) is 13.3. The fourth-order valence-electron chi connectivity index (χ4n) is 3.72. The normalized spacial score (nSPS) is 25.0. The molecule has 2 aliphatic rings. The summed E-state index contributed by atoms with van der Waals surface area (Å²) in [6.45, 7) is 3.95. The predicted octanol–water partition coefficient (Wildman–Crippen LogP) is 2.65. The summed E-state index contributed by atoms with van der Waals surface area (Å²) in [6.07, 6.45) is 1.36. The van der Waals surface area contributed by atoms with Crippen LogP contribution in [0.2, 0.25) is 0 Å². The van der Waals surface area contributed by atoms with E-state index < -0.39 is 12.1 Å². The summed E-state index contributed by atoms with van der Waals surface area (Å²) in [7, 11) is 0. The molecule has 0 amide bonds. The zero-order chi connectivity index (χ0) is 20.1. The second kappa shape index (κ2) is 9.01. The number of ether oxygens (including phenoxy) is 1. The lowest BCUT2D eigenvalue weighted by Crippen LogP contribution is -2.50. The number of alkyl halides is 3. The minimum Gasteiger partial charge on any atom is -0.475 e. The van der Waals surface area contributed by atoms with Crippen LogP contribution in [0.5, 0.6) is 0 Å². The molecule has 2 fully saturated rings. The number of carboxylic acid groups (broad SMARTS) is 1. The third kappa shape index (κ3) is 5.30. The van der Waals surface area contributed by atoms with Gasteiger partial charge in [-0.2, -0.15) is 13.2 Å². The number of halogens is 3. The van der Waals surface area contributed by atoms with Crippen molar-refractivity contribution in [2.45, 2.75) is 44.3 Å². The highest BCUT2D eigenvalue weighted by molar-refractivity contribution is 7.09. The van der Waals surface area contributed by atoms with Gasteiger partial charge in [0.25, 0.3) is 0 Å². The van der Waals surface area contributed by atoms with Crippen LogP contribution in [-0.4, -0.2) is 62.2 Å². The quantitative estimate of drug-likeness (QED) is 0.822. The maximum Gasteiger partial charge on any atom is 0.490 e. The van der Waals surface area contributed by atoms with E-state index >= 15 is 0 Å². The first kappa shape index (κ1) is 20.7. The summed E-state index contributed by atoms with van der Waals surface area (Å²) in [5, 5.41) is 17.1. The Hall–Kier alpha value is -1.98. The highest BCUT2D eigenvalue weighted by atomic mass is 32.1. The van der Waals surface area contributed by atoms with Crippen molar-refractivity contribution >= 4 is 17.3 Å². The zero-order valence-corrected chi connectivity index (χ0v) is 15.8. The smallest absolute Gasteiger partial charge is 0.475 e. The molecule has 4 rings (SSSR count). The Morgan fingerprint density at radius 2 is 2.04 bits per heavy atom. The molecule has 2 aromatic heterocycles. The topological polar surface area (TPSA) is 80.5 Å². The van der Waals surface area contributed by atoms with Crippen LogP contribution in [0.3, 0.4) is 0 Å². The van der Waals surface area contributed by atoms with Crippen molar-refractivity contribution in [1.82, 2.24) is 19.7 Å². The molecule has 1 aliphatic carbocycles. The molecule has 11 heteroatoms. The van der Waals surface area contributed by atoms with Crippen LogP contribution in [0, 0.1) is 5.92 Å². The van der Waals surface area contributed by atoms with E-state index in [2.05, 4.69) is 37.2 Å². The predicted molar refractivity (Wildman–Crippen MR) is 94.7 cm³/mol. The Kier molecular flexibility index (Phi) is 6.68. The van der Waals surface area contributed by atoms with E-state index in [1.54, 1.807) is 12.7 Å². The fourth-order valence-corrected chi connectivity index (χ4v) is 4.45. The number of aromatic nitrogens is 3. The highest BCUT2D eigenvalue weighted by Crippen LogP contribution is 2.36. The number of carboxylic acids is 1. The summed E-state index contributed by atoms with van der Waals surface area (Å²) in [4.78, 5) is 13.0. The fraction of sp³-hybridized carbons (Fsp3) is 0.588. The Morgan fingerprint density at radius 1 is 1.32 bits per heavy atom. The summed E-state index contributed by atoms with van der Waals surface area (Å²) < 4.78 is 39.9. The van der Waals surface area contributed by atoms with Crippen LogP contribution in [-0.2, 0) is 22.6 Å². The van der Waals surface area contributed by atoms with Crippen molar-refractivity contribution in [3.05, 3.63) is 35.0 Å². The molecule has 154 valence electrons. The van der Waals surface area contributed by atoms with Crippen molar-refractivity contribution < 1.29 is 27.8 Å². The largest absolute Gasteiger partial charge is 0.490 e. The molecular formula is C17H21F3N4O3S. The zero-order valence-electron chi connectivity index (χ0n) is 15.0. The molecule has 1 saturated carbocycles. The van der Waals surface area contributed by atoms with Crippen LogP contribution in [0.1, 0.15) is 17.7 Å². The minimum absolute atomic E-state index is 0.362. The van der Waals surface area contributed by atoms with E-state index in [-0.39, 0.29) is 0 Å². The molecule has 0 bridgehead atoms. The first-order valence-electron chi connectivity index (χ1n) is 8.85. The van der Waals surface area contributed by atoms with E-state index in [0.717, 1.165) is 26.2 Å². The first-order valence-corrected chi connectivity index (χ1v) is 9.73. The van der Waals surface area contributed by atoms with Crippen LogP contribution in [0.4, 0.5) is 13.2 Å². The van der Waals surface area contributed by atoms with E-state index in [4.69, 9.17) is 14.6 Å². The highest BCUT2D eigenvalue weighted by Gasteiger charge is 2.42. The van der Waals surface area contributed by atoms with E-state index in [1.807, 2.05) is 11.3 Å². The van der Waals surface area contributed by atoms with Gasteiger partial charge in [0.15, 0.2) is 0 Å². The average molecular weight is 418 g/mol. The third-order valence-electron chi connectivity index (χ3n) is 4.93. The van der Waals surface area contributed by atoms with Crippen molar-refractivity contribution in [3.8, 4) is 0 Å². The Morgan fingerprint density at radius 3 is 2.64 bits per heavy atom. The number of thiophene rings is 1. The van der Waals surface area contributed by atoms with Crippen molar-refractivity contribution in [1.29, 1.82) is 0 Å². The van der Waals surface area contributed by atoms with Gasteiger partial charge in [-0.3, -0.25) is 4.90 Å². The van der Waals surface area contributed by atoms with Gasteiger partial charge in [-0.05, 0) is 24.3 Å². The summed E-state index contributed by atoms with van der Waals surface area (Å²) >= 11 is 1.85. The van der Waals surface area contributed by atoms with Gasteiger partial charge in [-0.25, -0.2) is 4.79 Å². The lowest BCUT2D eigenvalue weighted by atomic mass is 10.0. The number of rotatable bonds is 4. The average Bonchev–Trinajstić information content (AvgIpc) is 3.38. The third-order valence-corrected chi connectivity index (χ3v) is 5.79. The van der Waals surface area contributed by atoms with Crippen LogP contribution >= 0.6 is 11.3 Å². The number of fused-ring (bicyclic) bond motifs is 1. The van der Waals surface area contributed by atoms with Crippen LogP contribution in [0.25, 0.3) is 0 Å². The molecule has 28 heavy (non-hydrogen) atoms. The molecule has 3 unspecified atom stereocenters. The Bertz CT molecular complexity index is 739. The molecule has 3 atom stereocenters. The number of carbonyl (C=O) groups is 1. The Labute approximate surface area is 163 Å². The lowest BCUT2D eigenvalue weighted by molar-refractivity contribution is -0.192. The summed E-state index contributed by atoms with van der Waals surface area (Å²) in [6, 6.07) is 4.95. The number of nitrogens with zero attached hydrogens (tertiary/aromatic N) is 4. The lowest BCUT2D eigenvalue weighted by Gasteiger charge is -2.39. The minimum atomic E-state index is -5.08. The van der Waals surface area contributed by atoms with Gasteiger partial charge in [-0.15, -0.1) is 21.5 Å². The molecule has 0 radical (unpaired) electrons. The van der Waals surface area contributed by atoms with E-state index in [9.17, 15) is 13.2 Å². The second-order valence-corrected chi connectivity index (χ2v) is 7.78. The van der Waals surface area contributed by atoms with Crippen LogP contribution in [0.15, 0.2) is 30.2 Å². The van der Waals surface area contributed by atoms with Crippen molar-refractivity contribution in [2.75, 3.05) is 13.2 Å². The van der Waals surface area contributed by atoms with Crippen LogP contribution < -0.4 is 0 Å². The molecule has 0 spiro atoms. The molecule has 1 aliphatic heterocycles. The number of hydrogen-bond donors (Lipinski definition) is 1. The molecule has 0 aromatic carbocycles. The maximum absolute atomic E-state index is 10.6. The van der Waals surface area contributed by atoms with Gasteiger partial charge in [0.05, 0.1) is 12.7 Å². The number of hydrogen-bond acceptors (Lipinski definition) is 6. The summed E-state index contributed by atoms with van der Waals surface area (Å²) in [5.74, 6) is -2.18. The van der Waals surface area contributed by atoms with Crippen molar-refractivity contribution in [2.24, 2.45) is 5.92 Å². The Balaban J connectivity index is 0.000000279. The molecular weight excluding hydrogens is 397 g/mol. The van der Waals surface area contributed by atoms with Gasteiger partial charge in [-0.1, -0.05) is 6.07 Å². The number of morpholine rings is 1. The maximum atomic E-state index is 10.6. The molecule has 1 N–H and O–H groups in total. The van der Waals surface area contributed by atoms with E-state index in [1.165, 1.54) is 17.7 Å². The monoisotopic (exact) mass is 418 g/mol. The van der Waals surface area contributed by atoms with E-state index in [0.29, 0.717) is 18.1 Å². The van der Waals surface area contributed by atoms with Gasteiger partial charge in [0.2, 0.25) is 0 Å². The van der Waals surface area contributed by atoms with Gasteiger partial charge in [0.1, 0.15) is 12.7 Å². The molecule has 2 aromatic rings. The number of aliphatic carboxylic acids is 1. The van der Waals surface area contributed by atoms with Crippen molar-refractivity contribution in [3.63, 3.8) is 0 Å². The molecule has 3 heterocycles. The van der Waals surface area contributed by atoms with Gasteiger partial charge < -0.3 is 14.4 Å². The molecule has 1 saturated heterocycles.